The Labute approximate surface area is 479 Å². The van der Waals surface area contributed by atoms with Crippen molar-refractivity contribution in [2.75, 3.05) is 6.54 Å². The van der Waals surface area contributed by atoms with Crippen LogP contribution in [-0.4, -0.2) is 63.4 Å². The fourth-order valence-electron chi connectivity index (χ4n) is 22.0. The minimum Gasteiger partial charge on any atom is -0.481 e. The summed E-state index contributed by atoms with van der Waals surface area (Å²) in [5.74, 6) is 7.41. The van der Waals surface area contributed by atoms with Gasteiger partial charge in [0.1, 0.15) is 12.6 Å². The number of hydrogen-bond donors (Lipinski definition) is 5. The van der Waals surface area contributed by atoms with E-state index in [9.17, 15) is 39.3 Å². The molecule has 2 unspecified atom stereocenters. The molecule has 8 rings (SSSR count). The Hall–Kier alpha value is -2.85. The Morgan fingerprint density at radius 3 is 1.29 bits per heavy atom. The van der Waals surface area contributed by atoms with Crippen molar-refractivity contribution in [3.63, 3.8) is 0 Å². The van der Waals surface area contributed by atoms with Crippen molar-refractivity contribution >= 4 is 29.9 Å². The largest absolute Gasteiger partial charge is 0.481 e. The van der Waals surface area contributed by atoms with Crippen LogP contribution in [-0.2, 0) is 23.9 Å². The monoisotopic (exact) mass is 1100 g/mol. The van der Waals surface area contributed by atoms with Crippen molar-refractivity contribution in [2.24, 2.45) is 116 Å². The van der Waals surface area contributed by atoms with Crippen molar-refractivity contribution < 1.29 is 44.0 Å². The second-order valence-corrected chi connectivity index (χ2v) is 31.2. The van der Waals surface area contributed by atoms with Crippen molar-refractivity contribution in [3.05, 3.63) is 0 Å². The minimum atomic E-state index is -1.41. The van der Waals surface area contributed by atoms with Gasteiger partial charge in [-0.2, -0.15) is 0 Å². The first-order chi connectivity index (χ1) is 37.3. The Bertz CT molecular complexity index is 1970. The van der Waals surface area contributed by atoms with Gasteiger partial charge in [-0.15, -0.1) is 0 Å². The quantitative estimate of drug-likeness (QED) is 0.0556. The van der Waals surface area contributed by atoms with E-state index in [1.54, 1.807) is 0 Å². The summed E-state index contributed by atoms with van der Waals surface area (Å²) in [4.78, 5) is 63.3. The van der Waals surface area contributed by atoms with E-state index in [0.717, 1.165) is 96.7 Å². The summed E-state index contributed by atoms with van der Waals surface area (Å²) in [6.07, 6.45) is 29.2. The Kier molecular flexibility index (Phi) is 20.1. The summed E-state index contributed by atoms with van der Waals surface area (Å²) in [6, 6.07) is -0.763. The third-order valence-electron chi connectivity index (χ3n) is 26.2. The van der Waals surface area contributed by atoms with Crippen LogP contribution in [0, 0.1) is 116 Å². The number of rotatable bonds is 25. The summed E-state index contributed by atoms with van der Waals surface area (Å²) < 4.78 is 6.86. The van der Waals surface area contributed by atoms with E-state index in [0.29, 0.717) is 22.7 Å². The first-order valence-corrected chi connectivity index (χ1v) is 33.2. The second-order valence-electron chi connectivity index (χ2n) is 31.2. The van der Waals surface area contributed by atoms with Gasteiger partial charge in [0.05, 0.1) is 0 Å². The number of nitrogens with one attached hydrogen (secondary N) is 2. The number of aliphatic carboxylic acids is 3. The average molecular weight is 1100 g/mol. The lowest BCUT2D eigenvalue weighted by molar-refractivity contribution is -0.171. The molecule has 8 aliphatic rings. The number of esters is 1. The summed E-state index contributed by atoms with van der Waals surface area (Å²) in [5.41, 5.74) is 0.0772. The molecule has 11 nitrogen and oxygen atoms in total. The molecule has 0 saturated heterocycles. The lowest BCUT2D eigenvalue weighted by Gasteiger charge is -2.63. The lowest BCUT2D eigenvalue weighted by atomic mass is 9.43. The number of carbonyl (C=O) groups excluding carboxylic acids is 2. The Morgan fingerprint density at radius 1 is 0.506 bits per heavy atom. The predicted octanol–water partition coefficient (Wildman–Crippen LogP) is 16.0. The first-order valence-electron chi connectivity index (χ1n) is 33.2. The molecule has 0 aliphatic heterocycles. The molecule has 0 radical (unpaired) electrons. The number of carboxylic acid groups (broad SMARTS) is 3. The SMILES string of the molecule is CC(C)CCC[C@@H](C)[C@H]1CC[C@H]2[C@@H]3CC[C@H]4CC(C(OC(=O)CNC(=O)NC(CCC(=O)O)(CCC(=O)O)CCC(=O)O)C5CC[C@@]6(C)[C@@H](CC[C@@H]7[C@@H]6CC[C@]6(C)[C@@H]([C@H](C)CCCC(C)C)CC[C@@H]76)C5)CC[C@]4(C)[C@H]3CC[C@]12C. The van der Waals surface area contributed by atoms with Crippen LogP contribution in [0.4, 0.5) is 4.79 Å². The first kappa shape index (κ1) is 62.2. The minimum absolute atomic E-state index is 0.147. The maximum Gasteiger partial charge on any atom is 0.325 e. The number of urea groups is 1. The molecular weight excluding hydrogens is 989 g/mol. The molecule has 0 heterocycles. The number of carboxylic acids is 3. The third kappa shape index (κ3) is 13.4. The van der Waals surface area contributed by atoms with Crippen molar-refractivity contribution in [3.8, 4) is 0 Å². The highest BCUT2D eigenvalue weighted by Gasteiger charge is 2.63. The van der Waals surface area contributed by atoms with Crippen LogP contribution in [0.5, 0.6) is 0 Å². The van der Waals surface area contributed by atoms with Gasteiger partial charge in [-0.25, -0.2) is 4.79 Å². The molecule has 5 N–H and O–H groups in total. The molecule has 0 bridgehead atoms. The normalized spacial score (nSPS) is 38.9. The molecule has 0 aromatic rings. The number of fused-ring (bicyclic) bond motifs is 10. The zero-order valence-corrected chi connectivity index (χ0v) is 51.5. The van der Waals surface area contributed by atoms with E-state index in [-0.39, 0.29) is 73.8 Å². The maximum atomic E-state index is 14.4. The summed E-state index contributed by atoms with van der Waals surface area (Å²) >= 11 is 0. The fourth-order valence-corrected chi connectivity index (χ4v) is 22.0. The molecule has 450 valence electrons. The topological polar surface area (TPSA) is 179 Å². The Balaban J connectivity index is 0.971. The molecule has 11 heteroatoms. The van der Waals surface area contributed by atoms with Crippen LogP contribution in [0.3, 0.4) is 0 Å². The molecule has 0 aromatic carbocycles. The zero-order chi connectivity index (χ0) is 57.2. The second kappa shape index (κ2) is 25.6. The molecule has 8 fully saturated rings. The van der Waals surface area contributed by atoms with Crippen LogP contribution >= 0.6 is 0 Å². The maximum absolute atomic E-state index is 14.4. The van der Waals surface area contributed by atoms with E-state index in [1.165, 1.54) is 128 Å². The number of carbonyl (C=O) groups is 5. The van der Waals surface area contributed by atoms with E-state index in [4.69, 9.17) is 4.74 Å². The highest BCUT2D eigenvalue weighted by atomic mass is 16.5. The van der Waals surface area contributed by atoms with E-state index in [1.807, 2.05) is 0 Å². The molecule has 18 atom stereocenters. The van der Waals surface area contributed by atoms with Gasteiger partial charge < -0.3 is 30.7 Å². The highest BCUT2D eigenvalue weighted by Crippen LogP contribution is 2.71. The van der Waals surface area contributed by atoms with Gasteiger partial charge in [0.2, 0.25) is 0 Å². The molecular formula is C68H114N2O9. The smallest absolute Gasteiger partial charge is 0.325 e. The third-order valence-corrected chi connectivity index (χ3v) is 26.2. The van der Waals surface area contributed by atoms with Gasteiger partial charge in [0, 0.05) is 24.8 Å². The van der Waals surface area contributed by atoms with Gasteiger partial charge in [-0.1, -0.05) is 108 Å². The van der Waals surface area contributed by atoms with Crippen molar-refractivity contribution in [2.45, 2.75) is 274 Å². The molecule has 0 aromatic heterocycles. The van der Waals surface area contributed by atoms with Crippen LogP contribution in [0.2, 0.25) is 0 Å². The fraction of sp³-hybridized carbons (Fsp3) is 0.926. The zero-order valence-electron chi connectivity index (χ0n) is 51.5. The number of amides is 2. The summed E-state index contributed by atoms with van der Waals surface area (Å²) in [6.45, 7) is 25.0. The predicted molar refractivity (Wildman–Crippen MR) is 313 cm³/mol. The van der Waals surface area contributed by atoms with Gasteiger partial charge in [-0.3, -0.25) is 19.2 Å². The number of ether oxygens (including phenoxy) is 1. The highest BCUT2D eigenvalue weighted by molar-refractivity contribution is 5.81. The van der Waals surface area contributed by atoms with E-state index in [2.05, 4.69) is 79.9 Å². The molecule has 8 saturated carbocycles. The van der Waals surface area contributed by atoms with Gasteiger partial charge in [-0.05, 0) is 251 Å². The van der Waals surface area contributed by atoms with Crippen molar-refractivity contribution in [1.29, 1.82) is 0 Å². The summed E-state index contributed by atoms with van der Waals surface area (Å²) in [5, 5.41) is 34.2. The van der Waals surface area contributed by atoms with Crippen LogP contribution in [0.15, 0.2) is 0 Å². The van der Waals surface area contributed by atoms with Gasteiger partial charge >= 0.3 is 29.9 Å². The van der Waals surface area contributed by atoms with Gasteiger partial charge in [0.15, 0.2) is 0 Å². The van der Waals surface area contributed by atoms with Crippen LogP contribution in [0.1, 0.15) is 262 Å². The summed E-state index contributed by atoms with van der Waals surface area (Å²) in [7, 11) is 0. The molecule has 2 amide bonds. The number of hydrogen-bond acceptors (Lipinski definition) is 6. The molecule has 79 heavy (non-hydrogen) atoms. The van der Waals surface area contributed by atoms with Crippen LogP contribution < -0.4 is 10.6 Å². The van der Waals surface area contributed by atoms with E-state index >= 15 is 0 Å². The standard InChI is InChI=1S/C68H114N2O9/c1-42(2)13-11-15-44(5)52-21-23-54-50-19-17-48-39-46(25-32-64(48,7)56(50)27-34-66(52,54)9)62(79-61(77)41-69-63(78)70-68(36-29-58(71)72,37-30-59(73)74)38-31-60(75)76)47-26-33-65(8)49(40-47)18-20-51-55-24-22-53(45(6)16-12-14-43(3)4)67(55,10)35-28-57(51)65/h42-57,62H,11-41H2,1-10H3,(H,71,72)(H,73,74)(H,75,76)(H2,69,70,78)/t44-,45-,46?,47?,48+,49+,50+,51+,52-,53-,54+,55+,56+,57+,62?,64+,65+,66-,67-/m1/s1. The van der Waals surface area contributed by atoms with E-state index < -0.39 is 35.4 Å². The molecule has 0 spiro atoms. The Morgan fingerprint density at radius 2 is 0.899 bits per heavy atom. The lowest BCUT2D eigenvalue weighted by Crippen LogP contribution is -2.56. The van der Waals surface area contributed by atoms with Gasteiger partial charge in [0.25, 0.3) is 0 Å². The van der Waals surface area contributed by atoms with Crippen LogP contribution in [0.25, 0.3) is 0 Å². The molecule has 8 aliphatic carbocycles. The van der Waals surface area contributed by atoms with Crippen molar-refractivity contribution in [1.82, 2.24) is 10.6 Å². The average Bonchev–Trinajstić information content (AvgIpc) is 4.03.